The van der Waals surface area contributed by atoms with Gasteiger partial charge in [-0.05, 0) is 51.4 Å². The Morgan fingerprint density at radius 3 is 1.21 bits per heavy atom. The van der Waals surface area contributed by atoms with E-state index >= 15 is 0 Å². The molecule has 0 aromatic rings. The molecule has 0 radical (unpaired) electrons. The van der Waals surface area contributed by atoms with Gasteiger partial charge in [-0.25, -0.2) is 0 Å². The molecule has 5 nitrogen and oxygen atoms in total. The molecule has 0 aromatic carbocycles. The molecule has 1 unspecified atom stereocenters. The van der Waals surface area contributed by atoms with E-state index < -0.39 is 6.10 Å². The van der Waals surface area contributed by atoms with Gasteiger partial charge in [0.25, 0.3) is 0 Å². The molecule has 5 heteroatoms. The van der Waals surface area contributed by atoms with Crippen LogP contribution in [-0.4, -0.2) is 37.9 Å². The summed E-state index contributed by atoms with van der Waals surface area (Å²) in [6, 6.07) is 0. The number of unbranched alkanes of at least 4 members (excludes halogenated alkanes) is 31. The number of carbonyl (C=O) groups is 2. The van der Waals surface area contributed by atoms with Gasteiger partial charge in [0.05, 0.1) is 6.61 Å². The SMILES string of the molecule is CCCCC/C=C\C/C=C\CCCCCCCCCCCC(=O)OCC(COCCCCCCCCCCCCCCCCCC)OC(=O)CCCCCCC. The summed E-state index contributed by atoms with van der Waals surface area (Å²) in [5.74, 6) is -0.401. The fourth-order valence-electron chi connectivity index (χ4n) is 7.25. The number of esters is 2. The number of allylic oxidation sites excluding steroid dienone is 4. The van der Waals surface area contributed by atoms with Gasteiger partial charge in [-0.2, -0.15) is 0 Å². The molecule has 0 aliphatic carbocycles. The summed E-state index contributed by atoms with van der Waals surface area (Å²) in [5.41, 5.74) is 0. The van der Waals surface area contributed by atoms with E-state index in [9.17, 15) is 9.59 Å². The van der Waals surface area contributed by atoms with Gasteiger partial charge in [0.15, 0.2) is 6.10 Å². The first kappa shape index (κ1) is 54.4. The third-order valence-electron chi connectivity index (χ3n) is 11.0. The minimum absolute atomic E-state index is 0.0886. The number of carbonyl (C=O) groups excluding carboxylic acids is 2. The Hall–Kier alpha value is -1.62. The summed E-state index contributed by atoms with van der Waals surface area (Å²) < 4.78 is 17.3. The zero-order chi connectivity index (χ0) is 40.7. The number of rotatable bonds is 46. The van der Waals surface area contributed by atoms with Gasteiger partial charge in [0.1, 0.15) is 6.61 Å². The monoisotopic (exact) mass is 789 g/mol. The fourth-order valence-corrected chi connectivity index (χ4v) is 7.25. The van der Waals surface area contributed by atoms with Crippen molar-refractivity contribution in [2.75, 3.05) is 19.8 Å². The van der Waals surface area contributed by atoms with Gasteiger partial charge in [0.2, 0.25) is 0 Å². The summed E-state index contributed by atoms with van der Waals surface area (Å²) in [6.07, 6.45) is 55.0. The molecule has 0 rings (SSSR count). The van der Waals surface area contributed by atoms with Crippen LogP contribution in [0.15, 0.2) is 24.3 Å². The van der Waals surface area contributed by atoms with Crippen molar-refractivity contribution in [1.29, 1.82) is 0 Å². The van der Waals surface area contributed by atoms with E-state index in [1.807, 2.05) is 0 Å². The molecular weight excluding hydrogens is 693 g/mol. The Morgan fingerprint density at radius 2 is 0.750 bits per heavy atom. The maximum absolute atomic E-state index is 12.6. The second kappa shape index (κ2) is 47.8. The van der Waals surface area contributed by atoms with Crippen LogP contribution < -0.4 is 0 Å². The van der Waals surface area contributed by atoms with Gasteiger partial charge < -0.3 is 14.2 Å². The van der Waals surface area contributed by atoms with E-state index in [2.05, 4.69) is 45.1 Å². The summed E-state index contributed by atoms with van der Waals surface area (Å²) in [6.45, 7) is 7.77. The largest absolute Gasteiger partial charge is 0.462 e. The Labute approximate surface area is 349 Å². The highest BCUT2D eigenvalue weighted by molar-refractivity contribution is 5.70. The molecule has 0 amide bonds. The predicted molar refractivity (Wildman–Crippen MR) is 242 cm³/mol. The van der Waals surface area contributed by atoms with Crippen LogP contribution in [0, 0.1) is 0 Å². The average Bonchev–Trinajstić information content (AvgIpc) is 3.20. The van der Waals surface area contributed by atoms with Gasteiger partial charge in [0, 0.05) is 19.4 Å². The van der Waals surface area contributed by atoms with Crippen LogP contribution in [0.1, 0.15) is 265 Å². The summed E-state index contributed by atoms with van der Waals surface area (Å²) >= 11 is 0. The molecule has 0 aliphatic rings. The van der Waals surface area contributed by atoms with Crippen molar-refractivity contribution in [1.82, 2.24) is 0 Å². The molecule has 0 N–H and O–H groups in total. The van der Waals surface area contributed by atoms with Gasteiger partial charge in [-0.3, -0.25) is 9.59 Å². The number of hydrogen-bond donors (Lipinski definition) is 0. The van der Waals surface area contributed by atoms with Crippen molar-refractivity contribution in [3.05, 3.63) is 24.3 Å². The predicted octanol–water partition coefficient (Wildman–Crippen LogP) is 16.5. The smallest absolute Gasteiger partial charge is 0.306 e. The van der Waals surface area contributed by atoms with Crippen LogP contribution in [0.4, 0.5) is 0 Å². The summed E-state index contributed by atoms with van der Waals surface area (Å²) in [5, 5.41) is 0. The first-order valence-corrected chi connectivity index (χ1v) is 24.9. The maximum atomic E-state index is 12.6. The zero-order valence-corrected chi connectivity index (χ0v) is 37.9. The van der Waals surface area contributed by atoms with Crippen molar-refractivity contribution in [2.24, 2.45) is 0 Å². The minimum atomic E-state index is -0.526. The quantitative estimate of drug-likeness (QED) is 0.0349. The lowest BCUT2D eigenvalue weighted by molar-refractivity contribution is -0.163. The van der Waals surface area contributed by atoms with E-state index in [0.717, 1.165) is 44.9 Å². The average molecular weight is 789 g/mol. The lowest BCUT2D eigenvalue weighted by Crippen LogP contribution is -2.30. The summed E-state index contributed by atoms with van der Waals surface area (Å²) in [4.78, 5) is 25.1. The van der Waals surface area contributed by atoms with Crippen LogP contribution in [-0.2, 0) is 23.8 Å². The molecule has 0 bridgehead atoms. The van der Waals surface area contributed by atoms with Gasteiger partial charge in [-0.1, -0.05) is 225 Å². The van der Waals surface area contributed by atoms with Crippen molar-refractivity contribution in [3.8, 4) is 0 Å². The fraction of sp³-hybridized carbons (Fsp3) is 0.882. The molecule has 0 fully saturated rings. The van der Waals surface area contributed by atoms with E-state index in [1.54, 1.807) is 0 Å². The van der Waals surface area contributed by atoms with Crippen molar-refractivity contribution >= 4 is 11.9 Å². The molecule has 0 aliphatic heterocycles. The highest BCUT2D eigenvalue weighted by Gasteiger charge is 2.17. The zero-order valence-electron chi connectivity index (χ0n) is 37.9. The first-order chi connectivity index (χ1) is 27.6. The van der Waals surface area contributed by atoms with Crippen LogP contribution in [0.3, 0.4) is 0 Å². The Morgan fingerprint density at radius 1 is 0.393 bits per heavy atom. The molecule has 0 spiro atoms. The van der Waals surface area contributed by atoms with E-state index in [-0.39, 0.29) is 18.5 Å². The molecule has 0 aromatic heterocycles. The second-order valence-corrected chi connectivity index (χ2v) is 16.7. The molecular formula is C51H96O5. The molecule has 330 valence electrons. The number of hydrogen-bond acceptors (Lipinski definition) is 5. The maximum Gasteiger partial charge on any atom is 0.306 e. The lowest BCUT2D eigenvalue weighted by Gasteiger charge is -2.18. The molecule has 56 heavy (non-hydrogen) atoms. The lowest BCUT2D eigenvalue weighted by atomic mass is 10.0. The third kappa shape index (κ3) is 45.1. The number of ether oxygens (including phenoxy) is 3. The van der Waals surface area contributed by atoms with Crippen LogP contribution in [0.5, 0.6) is 0 Å². The molecule has 0 heterocycles. The van der Waals surface area contributed by atoms with Crippen LogP contribution in [0.2, 0.25) is 0 Å². The van der Waals surface area contributed by atoms with Gasteiger partial charge in [-0.15, -0.1) is 0 Å². The van der Waals surface area contributed by atoms with Crippen molar-refractivity contribution in [3.63, 3.8) is 0 Å². The Balaban J connectivity index is 3.98. The van der Waals surface area contributed by atoms with Crippen molar-refractivity contribution < 1.29 is 23.8 Å². The molecule has 0 saturated heterocycles. The minimum Gasteiger partial charge on any atom is -0.462 e. The van der Waals surface area contributed by atoms with E-state index in [0.29, 0.717) is 26.1 Å². The topological polar surface area (TPSA) is 61.8 Å². The van der Waals surface area contributed by atoms with Gasteiger partial charge >= 0.3 is 11.9 Å². The van der Waals surface area contributed by atoms with Crippen molar-refractivity contribution in [2.45, 2.75) is 271 Å². The molecule has 0 saturated carbocycles. The molecule has 1 atom stereocenters. The third-order valence-corrected chi connectivity index (χ3v) is 11.0. The second-order valence-electron chi connectivity index (χ2n) is 16.7. The van der Waals surface area contributed by atoms with Crippen LogP contribution >= 0.6 is 0 Å². The summed E-state index contributed by atoms with van der Waals surface area (Å²) in [7, 11) is 0. The standard InChI is InChI=1S/C51H96O5/c1-4-7-10-13-15-17-19-21-23-25-26-27-28-30-32-34-36-39-41-44-50(52)55-48-49(56-51(53)45-42-38-12-9-6-3)47-54-46-43-40-37-35-33-31-29-24-22-20-18-16-14-11-8-5-2/h15,17,21,23,49H,4-14,16,18-20,22,24-48H2,1-3H3/b17-15-,23-21-. The Kier molecular flexibility index (Phi) is 46.4. The first-order valence-electron chi connectivity index (χ1n) is 24.9. The van der Waals surface area contributed by atoms with E-state index in [1.165, 1.54) is 186 Å². The van der Waals surface area contributed by atoms with Crippen LogP contribution in [0.25, 0.3) is 0 Å². The highest BCUT2D eigenvalue weighted by Crippen LogP contribution is 2.15. The highest BCUT2D eigenvalue weighted by atomic mass is 16.6. The Bertz CT molecular complexity index is 851. The normalized spacial score (nSPS) is 12.3. The van der Waals surface area contributed by atoms with E-state index in [4.69, 9.17) is 14.2 Å².